The third-order valence-electron chi connectivity index (χ3n) is 4.61. The number of rotatable bonds is 1. The van der Waals surface area contributed by atoms with E-state index in [0.29, 0.717) is 5.69 Å². The van der Waals surface area contributed by atoms with Crippen LogP contribution < -0.4 is 0 Å². The fraction of sp³-hybridized carbons (Fsp3) is 0.467. The molecule has 5 heteroatoms. The fourth-order valence-corrected chi connectivity index (χ4v) is 3.49. The number of hydrogen-bond donors (Lipinski definition) is 1. The van der Waals surface area contributed by atoms with Crippen molar-refractivity contribution < 1.29 is 4.79 Å². The summed E-state index contributed by atoms with van der Waals surface area (Å²) in [5.41, 5.74) is 4.14. The zero-order valence-corrected chi connectivity index (χ0v) is 11.6. The smallest absolute Gasteiger partial charge is 0.275 e. The zero-order valence-electron chi connectivity index (χ0n) is 11.6. The maximum Gasteiger partial charge on any atom is 0.275 e. The van der Waals surface area contributed by atoms with Crippen LogP contribution in [0.1, 0.15) is 46.8 Å². The summed E-state index contributed by atoms with van der Waals surface area (Å²) >= 11 is 0. The second-order valence-electron chi connectivity index (χ2n) is 5.68. The highest BCUT2D eigenvalue weighted by molar-refractivity contribution is 5.94. The standard InChI is InChI=1S/C15H18N4O/c1-10-13-6-3-7-18(13)8-9-19(10)15(20)14-11-4-2-5-12(11)16-17-14/h3,6-7,10H,2,4-5,8-9H2,1H3,(H,16,17)/t10-/m1/s1. The van der Waals surface area contributed by atoms with Crippen LogP contribution in [-0.4, -0.2) is 32.1 Å². The summed E-state index contributed by atoms with van der Waals surface area (Å²) in [6.07, 6.45) is 5.21. The molecule has 104 valence electrons. The van der Waals surface area contributed by atoms with Gasteiger partial charge in [-0.05, 0) is 38.3 Å². The van der Waals surface area contributed by atoms with Crippen LogP contribution in [0.2, 0.25) is 0 Å². The molecule has 1 N–H and O–H groups in total. The Morgan fingerprint density at radius 3 is 3.20 bits per heavy atom. The van der Waals surface area contributed by atoms with Crippen LogP contribution in [0.25, 0.3) is 0 Å². The van der Waals surface area contributed by atoms with E-state index >= 15 is 0 Å². The molecule has 2 aromatic rings. The molecule has 0 unspecified atom stereocenters. The minimum Gasteiger partial charge on any atom is -0.348 e. The molecule has 2 aromatic heterocycles. The maximum atomic E-state index is 12.8. The van der Waals surface area contributed by atoms with E-state index in [2.05, 4.69) is 34.0 Å². The number of fused-ring (bicyclic) bond motifs is 2. The molecule has 1 amide bonds. The SMILES string of the molecule is C[C@@H]1c2cccn2CCN1C(=O)c1n[nH]c2c1CCC2. The lowest BCUT2D eigenvalue weighted by molar-refractivity contribution is 0.0637. The maximum absolute atomic E-state index is 12.8. The number of carbonyl (C=O) groups is 1. The lowest BCUT2D eigenvalue weighted by atomic mass is 10.1. The van der Waals surface area contributed by atoms with Gasteiger partial charge in [-0.1, -0.05) is 0 Å². The summed E-state index contributed by atoms with van der Waals surface area (Å²) in [6, 6.07) is 4.26. The van der Waals surface area contributed by atoms with Crippen molar-refractivity contribution in [3.05, 3.63) is 41.0 Å². The number of amides is 1. The van der Waals surface area contributed by atoms with Gasteiger partial charge in [-0.2, -0.15) is 5.10 Å². The van der Waals surface area contributed by atoms with Crippen molar-refractivity contribution in [1.29, 1.82) is 0 Å². The molecule has 0 saturated heterocycles. The van der Waals surface area contributed by atoms with E-state index in [1.54, 1.807) is 0 Å². The molecule has 2 aliphatic rings. The first kappa shape index (κ1) is 11.8. The Labute approximate surface area is 117 Å². The number of aromatic amines is 1. The molecular formula is C15H18N4O. The van der Waals surface area contributed by atoms with Crippen LogP contribution in [-0.2, 0) is 19.4 Å². The molecule has 0 saturated carbocycles. The quantitative estimate of drug-likeness (QED) is 0.860. The van der Waals surface area contributed by atoms with Crippen molar-refractivity contribution >= 4 is 5.91 Å². The van der Waals surface area contributed by atoms with Gasteiger partial charge in [0.25, 0.3) is 5.91 Å². The highest BCUT2D eigenvalue weighted by atomic mass is 16.2. The van der Waals surface area contributed by atoms with E-state index in [0.717, 1.165) is 43.6 Å². The third-order valence-corrected chi connectivity index (χ3v) is 4.61. The predicted molar refractivity (Wildman–Crippen MR) is 74.5 cm³/mol. The molecule has 1 aliphatic heterocycles. The van der Waals surface area contributed by atoms with Gasteiger partial charge in [0.15, 0.2) is 5.69 Å². The lowest BCUT2D eigenvalue weighted by Gasteiger charge is -2.34. The number of carbonyl (C=O) groups excluding carboxylic acids is 1. The van der Waals surface area contributed by atoms with Crippen LogP contribution in [0.4, 0.5) is 0 Å². The van der Waals surface area contributed by atoms with E-state index in [1.807, 2.05) is 11.0 Å². The van der Waals surface area contributed by atoms with E-state index in [-0.39, 0.29) is 11.9 Å². The third kappa shape index (κ3) is 1.55. The molecule has 5 nitrogen and oxygen atoms in total. The van der Waals surface area contributed by atoms with Crippen LogP contribution in [0.15, 0.2) is 18.3 Å². The van der Waals surface area contributed by atoms with Crippen molar-refractivity contribution in [3.63, 3.8) is 0 Å². The molecule has 0 fully saturated rings. The summed E-state index contributed by atoms with van der Waals surface area (Å²) in [6.45, 7) is 3.71. The summed E-state index contributed by atoms with van der Waals surface area (Å²) in [7, 11) is 0. The number of nitrogens with zero attached hydrogens (tertiary/aromatic N) is 3. The molecule has 1 atom stereocenters. The van der Waals surface area contributed by atoms with Crippen molar-refractivity contribution in [2.75, 3.05) is 6.54 Å². The van der Waals surface area contributed by atoms with Gasteiger partial charge in [-0.15, -0.1) is 0 Å². The second kappa shape index (κ2) is 4.23. The summed E-state index contributed by atoms with van der Waals surface area (Å²) in [5, 5.41) is 7.30. The lowest BCUT2D eigenvalue weighted by Crippen LogP contribution is -2.41. The first-order valence-electron chi connectivity index (χ1n) is 7.28. The van der Waals surface area contributed by atoms with E-state index in [1.165, 1.54) is 5.69 Å². The molecule has 20 heavy (non-hydrogen) atoms. The average molecular weight is 270 g/mol. The Kier molecular flexibility index (Phi) is 2.49. The average Bonchev–Trinajstić information content (AvgIpc) is 3.14. The summed E-state index contributed by atoms with van der Waals surface area (Å²) in [4.78, 5) is 14.7. The van der Waals surface area contributed by atoms with Crippen molar-refractivity contribution in [2.24, 2.45) is 0 Å². The molecule has 0 bridgehead atoms. The van der Waals surface area contributed by atoms with E-state index < -0.39 is 0 Å². The zero-order chi connectivity index (χ0) is 13.7. The Morgan fingerprint density at radius 1 is 1.40 bits per heavy atom. The van der Waals surface area contributed by atoms with E-state index in [9.17, 15) is 4.79 Å². The Bertz CT molecular complexity index is 669. The minimum atomic E-state index is 0.0735. The van der Waals surface area contributed by atoms with E-state index in [4.69, 9.17) is 0 Å². The van der Waals surface area contributed by atoms with Gasteiger partial charge < -0.3 is 9.47 Å². The Balaban J connectivity index is 1.66. The van der Waals surface area contributed by atoms with Crippen LogP contribution in [0.5, 0.6) is 0 Å². The molecule has 0 radical (unpaired) electrons. The second-order valence-corrected chi connectivity index (χ2v) is 5.68. The van der Waals surface area contributed by atoms with Gasteiger partial charge in [0.2, 0.25) is 0 Å². The van der Waals surface area contributed by atoms with Gasteiger partial charge in [-0.25, -0.2) is 0 Å². The molecule has 3 heterocycles. The number of H-pyrrole nitrogens is 1. The fourth-order valence-electron chi connectivity index (χ4n) is 3.49. The summed E-state index contributed by atoms with van der Waals surface area (Å²) < 4.78 is 2.23. The number of aryl methyl sites for hydroxylation is 1. The highest BCUT2D eigenvalue weighted by Crippen LogP contribution is 2.29. The monoisotopic (exact) mass is 270 g/mol. The molecule has 0 spiro atoms. The van der Waals surface area contributed by atoms with Crippen LogP contribution in [0, 0.1) is 0 Å². The van der Waals surface area contributed by atoms with Gasteiger partial charge >= 0.3 is 0 Å². The first-order valence-corrected chi connectivity index (χ1v) is 7.28. The number of hydrogen-bond acceptors (Lipinski definition) is 2. The molecule has 4 rings (SSSR count). The topological polar surface area (TPSA) is 53.9 Å². The van der Waals surface area contributed by atoms with Crippen molar-refractivity contribution in [2.45, 2.75) is 38.8 Å². The van der Waals surface area contributed by atoms with Gasteiger partial charge in [0.1, 0.15) is 0 Å². The minimum absolute atomic E-state index is 0.0735. The van der Waals surface area contributed by atoms with Crippen LogP contribution in [0.3, 0.4) is 0 Å². The van der Waals surface area contributed by atoms with Crippen molar-refractivity contribution in [3.8, 4) is 0 Å². The number of nitrogens with one attached hydrogen (secondary N) is 1. The molecule has 0 aromatic carbocycles. The van der Waals surface area contributed by atoms with Gasteiger partial charge in [0.05, 0.1) is 6.04 Å². The largest absolute Gasteiger partial charge is 0.348 e. The highest BCUT2D eigenvalue weighted by Gasteiger charge is 2.32. The molecular weight excluding hydrogens is 252 g/mol. The van der Waals surface area contributed by atoms with Crippen LogP contribution >= 0.6 is 0 Å². The Morgan fingerprint density at radius 2 is 2.30 bits per heavy atom. The molecule has 1 aliphatic carbocycles. The first-order chi connectivity index (χ1) is 9.75. The number of aromatic nitrogens is 3. The van der Waals surface area contributed by atoms with Crippen molar-refractivity contribution in [1.82, 2.24) is 19.7 Å². The normalized spacial score (nSPS) is 20.9. The van der Waals surface area contributed by atoms with Gasteiger partial charge in [0, 0.05) is 36.2 Å². The predicted octanol–water partition coefficient (Wildman–Crippen LogP) is 1.92. The Hall–Kier alpha value is -2.04. The van der Waals surface area contributed by atoms with Gasteiger partial charge in [-0.3, -0.25) is 9.89 Å². The summed E-state index contributed by atoms with van der Waals surface area (Å²) in [5.74, 6) is 0.0735.